The van der Waals surface area contributed by atoms with Gasteiger partial charge in [-0.05, 0) is 55.5 Å². The Morgan fingerprint density at radius 2 is 1.50 bits per heavy atom. The molecule has 1 aliphatic heterocycles. The quantitative estimate of drug-likeness (QED) is 0.659. The minimum Gasteiger partial charge on any atom is -0.384 e. The van der Waals surface area contributed by atoms with Crippen LogP contribution in [0.3, 0.4) is 0 Å². The molecular formula is C13H19N. The highest BCUT2D eigenvalue weighted by Crippen LogP contribution is 2.39. The van der Waals surface area contributed by atoms with E-state index in [4.69, 9.17) is 0 Å². The van der Waals surface area contributed by atoms with E-state index >= 15 is 0 Å². The lowest BCUT2D eigenvalue weighted by atomic mass is 9.89. The van der Waals surface area contributed by atoms with Crippen LogP contribution in [0.2, 0.25) is 0 Å². The van der Waals surface area contributed by atoms with Crippen LogP contribution in [0.25, 0.3) is 0 Å². The molecule has 0 amide bonds. The highest BCUT2D eigenvalue weighted by molar-refractivity contribution is 5.69. The van der Waals surface area contributed by atoms with Crippen molar-refractivity contribution in [1.29, 1.82) is 0 Å². The Bertz CT molecular complexity index is 391. The van der Waals surface area contributed by atoms with Crippen LogP contribution in [0.1, 0.15) is 40.7 Å². The first-order valence-corrected chi connectivity index (χ1v) is 5.38. The first-order valence-electron chi connectivity index (χ1n) is 5.38. The zero-order chi connectivity index (χ0) is 10.5. The number of anilines is 1. The standard InChI is InChI=1S/C13H19N/c1-7-6-14-13-11(5)9(3)8(2)10(4)12(7)13/h7,14H,6H2,1-5H3. The fraction of sp³-hybridized carbons (Fsp3) is 0.538. The van der Waals surface area contributed by atoms with Crippen molar-refractivity contribution in [3.63, 3.8) is 0 Å². The SMILES string of the molecule is Cc1c(C)c(C)c2c(c1C)NCC2C. The molecule has 0 aromatic heterocycles. The molecule has 1 atom stereocenters. The largest absolute Gasteiger partial charge is 0.384 e. The Hall–Kier alpha value is -0.980. The van der Waals surface area contributed by atoms with Crippen molar-refractivity contribution in [3.8, 4) is 0 Å². The molecule has 1 nitrogen and oxygen atoms in total. The van der Waals surface area contributed by atoms with Crippen LogP contribution in [0.5, 0.6) is 0 Å². The molecule has 0 bridgehead atoms. The Morgan fingerprint density at radius 1 is 0.929 bits per heavy atom. The van der Waals surface area contributed by atoms with Crippen LogP contribution in [-0.4, -0.2) is 6.54 Å². The summed E-state index contributed by atoms with van der Waals surface area (Å²) in [5, 5.41) is 3.53. The molecule has 1 N–H and O–H groups in total. The van der Waals surface area contributed by atoms with E-state index in [1.807, 2.05) is 0 Å². The zero-order valence-electron chi connectivity index (χ0n) is 9.78. The predicted molar refractivity (Wildman–Crippen MR) is 62.3 cm³/mol. The first-order chi connectivity index (χ1) is 6.54. The average molecular weight is 189 g/mol. The van der Waals surface area contributed by atoms with E-state index in [1.165, 1.54) is 27.9 Å². The molecule has 14 heavy (non-hydrogen) atoms. The van der Waals surface area contributed by atoms with Gasteiger partial charge in [0.25, 0.3) is 0 Å². The minimum atomic E-state index is 0.669. The molecule has 1 heterocycles. The van der Waals surface area contributed by atoms with E-state index in [-0.39, 0.29) is 0 Å². The van der Waals surface area contributed by atoms with Gasteiger partial charge in [0.2, 0.25) is 0 Å². The lowest BCUT2D eigenvalue weighted by molar-refractivity contribution is 0.845. The highest BCUT2D eigenvalue weighted by Gasteiger charge is 2.24. The topological polar surface area (TPSA) is 12.0 Å². The Balaban J connectivity index is 2.77. The van der Waals surface area contributed by atoms with Crippen LogP contribution in [-0.2, 0) is 0 Å². The van der Waals surface area contributed by atoms with E-state index in [9.17, 15) is 0 Å². The van der Waals surface area contributed by atoms with Crippen molar-refractivity contribution in [1.82, 2.24) is 0 Å². The molecule has 2 rings (SSSR count). The van der Waals surface area contributed by atoms with Gasteiger partial charge in [0.1, 0.15) is 0 Å². The van der Waals surface area contributed by atoms with Crippen molar-refractivity contribution in [2.45, 2.75) is 40.5 Å². The number of fused-ring (bicyclic) bond motifs is 1. The highest BCUT2D eigenvalue weighted by atomic mass is 14.9. The molecule has 1 unspecified atom stereocenters. The summed E-state index contributed by atoms with van der Waals surface area (Å²) < 4.78 is 0. The third kappa shape index (κ3) is 1.08. The molecule has 0 fully saturated rings. The van der Waals surface area contributed by atoms with Crippen molar-refractivity contribution in [2.75, 3.05) is 11.9 Å². The van der Waals surface area contributed by atoms with Crippen LogP contribution in [0.15, 0.2) is 0 Å². The summed E-state index contributed by atoms with van der Waals surface area (Å²) in [6, 6.07) is 0. The minimum absolute atomic E-state index is 0.669. The van der Waals surface area contributed by atoms with Crippen LogP contribution >= 0.6 is 0 Å². The normalized spacial score (nSPS) is 19.4. The van der Waals surface area contributed by atoms with Gasteiger partial charge in [-0.3, -0.25) is 0 Å². The maximum Gasteiger partial charge on any atom is 0.0411 e. The average Bonchev–Trinajstić information content (AvgIpc) is 2.54. The fourth-order valence-corrected chi connectivity index (χ4v) is 2.54. The predicted octanol–water partition coefficient (Wildman–Crippen LogP) is 3.45. The van der Waals surface area contributed by atoms with Gasteiger partial charge in [0.05, 0.1) is 0 Å². The molecule has 0 radical (unpaired) electrons. The smallest absolute Gasteiger partial charge is 0.0411 e. The molecule has 76 valence electrons. The van der Waals surface area contributed by atoms with Gasteiger partial charge in [-0.2, -0.15) is 0 Å². The van der Waals surface area contributed by atoms with Gasteiger partial charge in [-0.1, -0.05) is 6.92 Å². The summed E-state index contributed by atoms with van der Waals surface area (Å²) in [7, 11) is 0. The summed E-state index contributed by atoms with van der Waals surface area (Å²) >= 11 is 0. The second kappa shape index (κ2) is 3.01. The molecule has 1 aromatic carbocycles. The zero-order valence-corrected chi connectivity index (χ0v) is 9.78. The Morgan fingerprint density at radius 3 is 2.14 bits per heavy atom. The first kappa shape index (κ1) is 9.57. The second-order valence-electron chi connectivity index (χ2n) is 4.57. The molecular weight excluding hydrogens is 170 g/mol. The second-order valence-corrected chi connectivity index (χ2v) is 4.57. The van der Waals surface area contributed by atoms with Crippen LogP contribution in [0, 0.1) is 27.7 Å². The van der Waals surface area contributed by atoms with Crippen LogP contribution in [0.4, 0.5) is 5.69 Å². The van der Waals surface area contributed by atoms with E-state index < -0.39 is 0 Å². The summed E-state index contributed by atoms with van der Waals surface area (Å²) in [4.78, 5) is 0. The summed E-state index contributed by atoms with van der Waals surface area (Å²) in [5.41, 5.74) is 8.79. The van der Waals surface area contributed by atoms with Crippen molar-refractivity contribution >= 4 is 5.69 Å². The summed E-state index contributed by atoms with van der Waals surface area (Å²) in [5.74, 6) is 0.669. The van der Waals surface area contributed by atoms with Gasteiger partial charge in [0, 0.05) is 18.2 Å². The summed E-state index contributed by atoms with van der Waals surface area (Å²) in [6.45, 7) is 12.3. The molecule has 1 aliphatic rings. The number of nitrogens with one attached hydrogen (secondary N) is 1. The van der Waals surface area contributed by atoms with Crippen molar-refractivity contribution in [3.05, 3.63) is 27.8 Å². The van der Waals surface area contributed by atoms with E-state index in [0.29, 0.717) is 5.92 Å². The van der Waals surface area contributed by atoms with Crippen molar-refractivity contribution < 1.29 is 0 Å². The number of hydrogen-bond acceptors (Lipinski definition) is 1. The Kier molecular flexibility index (Phi) is 2.06. The maximum atomic E-state index is 3.53. The van der Waals surface area contributed by atoms with Crippen LogP contribution < -0.4 is 5.32 Å². The maximum absolute atomic E-state index is 3.53. The molecule has 0 spiro atoms. The lowest BCUT2D eigenvalue weighted by Crippen LogP contribution is -1.98. The van der Waals surface area contributed by atoms with E-state index in [0.717, 1.165) is 6.54 Å². The van der Waals surface area contributed by atoms with Gasteiger partial charge in [-0.25, -0.2) is 0 Å². The van der Waals surface area contributed by atoms with Gasteiger partial charge in [0.15, 0.2) is 0 Å². The molecule has 0 saturated heterocycles. The lowest BCUT2D eigenvalue weighted by Gasteiger charge is -2.16. The fourth-order valence-electron chi connectivity index (χ4n) is 2.54. The Labute approximate surface area is 86.5 Å². The monoisotopic (exact) mass is 189 g/mol. The van der Waals surface area contributed by atoms with Crippen molar-refractivity contribution in [2.24, 2.45) is 0 Å². The summed E-state index contributed by atoms with van der Waals surface area (Å²) in [6.07, 6.45) is 0. The molecule has 1 heteroatoms. The van der Waals surface area contributed by atoms with E-state index in [1.54, 1.807) is 5.56 Å². The number of hydrogen-bond donors (Lipinski definition) is 1. The molecule has 1 aromatic rings. The van der Waals surface area contributed by atoms with E-state index in [2.05, 4.69) is 39.9 Å². The van der Waals surface area contributed by atoms with Gasteiger partial charge in [-0.15, -0.1) is 0 Å². The third-order valence-corrected chi connectivity index (χ3v) is 3.81. The van der Waals surface area contributed by atoms with Gasteiger partial charge < -0.3 is 5.32 Å². The van der Waals surface area contributed by atoms with Gasteiger partial charge >= 0.3 is 0 Å². The third-order valence-electron chi connectivity index (χ3n) is 3.81. The number of rotatable bonds is 0. The molecule has 0 saturated carbocycles. The number of benzene rings is 1. The molecule has 0 aliphatic carbocycles.